The first kappa shape index (κ1) is 32.6. The van der Waals surface area contributed by atoms with Crippen LogP contribution in [0.3, 0.4) is 0 Å². The van der Waals surface area contributed by atoms with Crippen LogP contribution in [-0.2, 0) is 33.2 Å². The molecule has 7 nitrogen and oxygen atoms in total. The van der Waals surface area contributed by atoms with Crippen LogP contribution in [0.2, 0.25) is 0 Å². The molecule has 5 unspecified atom stereocenters. The van der Waals surface area contributed by atoms with Crippen molar-refractivity contribution in [1.29, 1.82) is 0 Å². The number of methoxy groups -OCH3 is 1. The lowest BCUT2D eigenvalue weighted by atomic mass is 9.87. The fourth-order valence-electron chi connectivity index (χ4n) is 6.57. The molecule has 4 aliphatic rings. The van der Waals surface area contributed by atoms with Gasteiger partial charge in [0.25, 0.3) is 0 Å². The van der Waals surface area contributed by atoms with Crippen LogP contribution in [0.5, 0.6) is 0 Å². The van der Waals surface area contributed by atoms with Crippen molar-refractivity contribution < 1.29 is 37.6 Å². The van der Waals surface area contributed by atoms with Gasteiger partial charge in [-0.15, -0.1) is 0 Å². The Kier molecular flexibility index (Phi) is 13.9. The Bertz CT molecular complexity index is 773. The average Bonchev–Trinajstić information content (AvgIpc) is 3.47. The van der Waals surface area contributed by atoms with E-state index in [0.29, 0.717) is 32.3 Å². The monoisotopic (exact) mass is 680 g/mol. The van der Waals surface area contributed by atoms with Crippen molar-refractivity contribution in [2.45, 2.75) is 144 Å². The van der Waals surface area contributed by atoms with Crippen LogP contribution in [-0.4, -0.2) is 73.4 Å². The number of alkyl halides is 2. The Balaban J connectivity index is 1.44. The zero-order valence-electron chi connectivity index (χ0n) is 24.4. The zero-order valence-corrected chi connectivity index (χ0v) is 26.5. The molecule has 10 atom stereocenters. The van der Waals surface area contributed by atoms with Gasteiger partial charge < -0.3 is 28.4 Å². The normalized spacial score (nSPS) is 36.0. The summed E-state index contributed by atoms with van der Waals surface area (Å²) < 4.78 is 52.0. The number of halogens is 2. The van der Waals surface area contributed by atoms with Crippen molar-refractivity contribution in [2.24, 2.45) is 11.8 Å². The van der Waals surface area contributed by atoms with E-state index in [1.54, 1.807) is 0 Å². The quantitative estimate of drug-likeness (QED) is 0.0617. The van der Waals surface area contributed by atoms with E-state index < -0.39 is 12.3 Å². The molecule has 0 aromatic carbocycles. The van der Waals surface area contributed by atoms with Gasteiger partial charge >= 0.3 is 5.97 Å². The van der Waals surface area contributed by atoms with Crippen LogP contribution < -0.4 is 0 Å². The molecule has 0 bridgehead atoms. The maximum absolute atomic E-state index is 16.2. The van der Waals surface area contributed by atoms with E-state index >= 15 is 4.39 Å². The average molecular weight is 681 g/mol. The molecule has 3 heterocycles. The van der Waals surface area contributed by atoms with Crippen LogP contribution in [0.25, 0.3) is 0 Å². The highest BCUT2D eigenvalue weighted by Gasteiger charge is 2.57. The second kappa shape index (κ2) is 17.1. The number of ether oxygens (including phenoxy) is 6. The third-order valence-corrected chi connectivity index (χ3v) is 10.1. The molecule has 1 aliphatic carbocycles. The maximum atomic E-state index is 16.2. The highest BCUT2D eigenvalue weighted by atomic mass is 127. The molecule has 0 radical (unpaired) electrons. The second-order valence-corrected chi connectivity index (χ2v) is 13.4. The first-order chi connectivity index (χ1) is 19.5. The SMILES string of the molecule is CCCCC[C@@H](C=C[C@@H]1[C@H]2C(F)C(C(I)CCCC(=O)OC)O[C@H]2C[C@H]1OC1CCCCO1)OC1CCCCO1. The standard InChI is InChI=1S/C31H50FIO7/c1-3-4-5-11-21(38-27-14-6-8-18-36-27)16-17-22-24(39-28-15-7-9-19-37-28)20-25-29(22)30(32)31(40-25)23(33)12-10-13-26(34)35-2/h16-17,21-25,27-31H,3-15,18-20H2,1-2H3/t21-,22-,23?,24+,25-,27?,28?,29+,30?,31?/m0/s1. The molecule has 3 aliphatic heterocycles. The lowest BCUT2D eigenvalue weighted by Crippen LogP contribution is -2.37. The van der Waals surface area contributed by atoms with Gasteiger partial charge in [0.2, 0.25) is 0 Å². The fraction of sp³-hybridized carbons (Fsp3) is 0.903. The second-order valence-electron chi connectivity index (χ2n) is 11.8. The predicted molar refractivity (Wildman–Crippen MR) is 159 cm³/mol. The molecule has 1 saturated carbocycles. The van der Waals surface area contributed by atoms with E-state index in [-0.39, 0.29) is 52.6 Å². The van der Waals surface area contributed by atoms with E-state index in [9.17, 15) is 4.79 Å². The summed E-state index contributed by atoms with van der Waals surface area (Å²) in [6.45, 7) is 3.67. The number of carbonyl (C=O) groups excluding carboxylic acids is 1. The number of hydrogen-bond donors (Lipinski definition) is 0. The van der Waals surface area contributed by atoms with E-state index in [4.69, 9.17) is 28.4 Å². The molecule has 40 heavy (non-hydrogen) atoms. The van der Waals surface area contributed by atoms with Crippen LogP contribution in [0.1, 0.15) is 96.8 Å². The van der Waals surface area contributed by atoms with Gasteiger partial charge in [0.05, 0.1) is 25.4 Å². The first-order valence-corrected chi connectivity index (χ1v) is 17.0. The fourth-order valence-corrected chi connectivity index (χ4v) is 7.58. The van der Waals surface area contributed by atoms with Crippen molar-refractivity contribution in [3.8, 4) is 0 Å². The van der Waals surface area contributed by atoms with E-state index in [0.717, 1.165) is 70.8 Å². The summed E-state index contributed by atoms with van der Waals surface area (Å²) in [5.74, 6) is -0.609. The lowest BCUT2D eigenvalue weighted by Gasteiger charge is -2.31. The summed E-state index contributed by atoms with van der Waals surface area (Å²) in [4.78, 5) is 11.5. The number of carbonyl (C=O) groups is 1. The molecular formula is C31H50FIO7. The Morgan fingerprint density at radius 1 is 1.05 bits per heavy atom. The summed E-state index contributed by atoms with van der Waals surface area (Å²) in [7, 11) is 1.40. The van der Waals surface area contributed by atoms with Gasteiger partial charge in [0.15, 0.2) is 12.6 Å². The number of rotatable bonds is 15. The third-order valence-electron chi connectivity index (χ3n) is 8.80. The largest absolute Gasteiger partial charge is 0.469 e. The van der Waals surface area contributed by atoms with Gasteiger partial charge in [-0.2, -0.15) is 0 Å². The molecule has 4 fully saturated rings. The smallest absolute Gasteiger partial charge is 0.305 e. The van der Waals surface area contributed by atoms with Crippen molar-refractivity contribution >= 4 is 28.6 Å². The molecule has 0 spiro atoms. The molecule has 230 valence electrons. The molecule has 3 saturated heterocycles. The lowest BCUT2D eigenvalue weighted by molar-refractivity contribution is -0.195. The predicted octanol–water partition coefficient (Wildman–Crippen LogP) is 6.84. The first-order valence-electron chi connectivity index (χ1n) is 15.7. The summed E-state index contributed by atoms with van der Waals surface area (Å²) in [6, 6.07) is 0. The summed E-state index contributed by atoms with van der Waals surface area (Å²) >= 11 is 2.30. The molecular weight excluding hydrogens is 630 g/mol. The Hall–Kier alpha value is -0.330. The van der Waals surface area contributed by atoms with Crippen molar-refractivity contribution in [1.82, 2.24) is 0 Å². The Morgan fingerprint density at radius 2 is 1.80 bits per heavy atom. The van der Waals surface area contributed by atoms with Crippen LogP contribution in [0.4, 0.5) is 4.39 Å². The van der Waals surface area contributed by atoms with Gasteiger partial charge in [-0.1, -0.05) is 60.9 Å². The van der Waals surface area contributed by atoms with Gasteiger partial charge in [0, 0.05) is 41.8 Å². The summed E-state index contributed by atoms with van der Waals surface area (Å²) in [5, 5.41) is 0. The van der Waals surface area contributed by atoms with Crippen molar-refractivity contribution in [3.05, 3.63) is 12.2 Å². The minimum absolute atomic E-state index is 0.0119. The number of fused-ring (bicyclic) bond motifs is 1. The van der Waals surface area contributed by atoms with E-state index in [1.807, 2.05) is 0 Å². The zero-order chi connectivity index (χ0) is 28.3. The molecule has 4 rings (SSSR count). The maximum Gasteiger partial charge on any atom is 0.305 e. The summed E-state index contributed by atoms with van der Waals surface area (Å²) in [5.41, 5.74) is 0. The van der Waals surface area contributed by atoms with Crippen LogP contribution in [0, 0.1) is 11.8 Å². The molecule has 0 aromatic rings. The molecule has 0 amide bonds. The molecule has 0 aromatic heterocycles. The summed E-state index contributed by atoms with van der Waals surface area (Å²) in [6.07, 6.45) is 14.8. The molecule has 0 N–H and O–H groups in total. The van der Waals surface area contributed by atoms with Gasteiger partial charge in [0.1, 0.15) is 12.3 Å². The highest BCUT2D eigenvalue weighted by Crippen LogP contribution is 2.49. The van der Waals surface area contributed by atoms with Gasteiger partial charge in [-0.05, 0) is 57.8 Å². The van der Waals surface area contributed by atoms with Crippen molar-refractivity contribution in [3.63, 3.8) is 0 Å². The number of esters is 1. The van der Waals surface area contributed by atoms with Crippen molar-refractivity contribution in [2.75, 3.05) is 20.3 Å². The highest BCUT2D eigenvalue weighted by molar-refractivity contribution is 14.1. The third kappa shape index (κ3) is 9.33. The van der Waals surface area contributed by atoms with Crippen LogP contribution >= 0.6 is 22.6 Å². The van der Waals surface area contributed by atoms with E-state index in [1.165, 1.54) is 7.11 Å². The number of unbranched alkanes of at least 4 members (excludes halogenated alkanes) is 2. The molecule has 9 heteroatoms. The van der Waals surface area contributed by atoms with E-state index in [2.05, 4.69) is 41.7 Å². The van der Waals surface area contributed by atoms with Gasteiger partial charge in [-0.25, -0.2) is 4.39 Å². The van der Waals surface area contributed by atoms with Crippen LogP contribution in [0.15, 0.2) is 12.2 Å². The van der Waals surface area contributed by atoms with Gasteiger partial charge in [-0.3, -0.25) is 4.79 Å². The number of hydrogen-bond acceptors (Lipinski definition) is 7. The minimum Gasteiger partial charge on any atom is -0.469 e. The minimum atomic E-state index is -1.10. The topological polar surface area (TPSA) is 72.5 Å². The Labute approximate surface area is 253 Å². The Morgan fingerprint density at radius 3 is 2.48 bits per heavy atom.